The van der Waals surface area contributed by atoms with Crippen LogP contribution in [0.3, 0.4) is 0 Å². The van der Waals surface area contributed by atoms with Gasteiger partial charge in [0.05, 0.1) is 24.4 Å². The predicted octanol–water partition coefficient (Wildman–Crippen LogP) is 4.19. The third-order valence-corrected chi connectivity index (χ3v) is 6.89. The van der Waals surface area contributed by atoms with E-state index in [1.54, 1.807) is 0 Å². The summed E-state index contributed by atoms with van der Waals surface area (Å²) in [5.41, 5.74) is 1.89. The van der Waals surface area contributed by atoms with Crippen LogP contribution in [0, 0.1) is 0 Å². The minimum atomic E-state index is -0.565. The zero-order chi connectivity index (χ0) is 23.9. The fourth-order valence-electron chi connectivity index (χ4n) is 3.88. The fraction of sp³-hybridized carbons (Fsp3) is 0.360. The summed E-state index contributed by atoms with van der Waals surface area (Å²) in [6.45, 7) is 2.86. The van der Waals surface area contributed by atoms with Gasteiger partial charge in [-0.15, -0.1) is 10.2 Å². The number of halogens is 1. The number of ether oxygens (including phenoxy) is 1. The molecule has 1 fully saturated rings. The third-order valence-electron chi connectivity index (χ3n) is 5.67. The summed E-state index contributed by atoms with van der Waals surface area (Å²) in [5.74, 6) is 0.540. The van der Waals surface area contributed by atoms with Crippen molar-refractivity contribution in [3.05, 3.63) is 65.2 Å². The molecule has 3 aromatic rings. The van der Waals surface area contributed by atoms with Crippen molar-refractivity contribution in [2.45, 2.75) is 50.0 Å². The second-order valence-electron chi connectivity index (χ2n) is 8.27. The van der Waals surface area contributed by atoms with Gasteiger partial charge in [0.2, 0.25) is 5.91 Å². The monoisotopic (exact) mass is 498 g/mol. The highest BCUT2D eigenvalue weighted by Gasteiger charge is 2.23. The summed E-state index contributed by atoms with van der Waals surface area (Å²) in [7, 11) is 0. The Morgan fingerprint density at radius 1 is 1.18 bits per heavy atom. The maximum Gasteiger partial charge on any atom is 0.231 e. The van der Waals surface area contributed by atoms with Crippen LogP contribution in [0.15, 0.2) is 59.8 Å². The Bertz CT molecular complexity index is 1110. The molecule has 9 heteroatoms. The molecule has 2 atom stereocenters. The summed E-state index contributed by atoms with van der Waals surface area (Å²) in [4.78, 5) is 24.8. The molecule has 1 aliphatic heterocycles. The van der Waals surface area contributed by atoms with Crippen LogP contribution in [0.2, 0.25) is 5.02 Å². The molecule has 1 N–H and O–H groups in total. The average Bonchev–Trinajstić information content (AvgIpc) is 3.49. The van der Waals surface area contributed by atoms with Crippen LogP contribution >= 0.6 is 23.4 Å². The van der Waals surface area contributed by atoms with Crippen molar-refractivity contribution >= 4 is 35.1 Å². The Labute approximate surface area is 208 Å². The first-order valence-corrected chi connectivity index (χ1v) is 12.6. The second kappa shape index (κ2) is 11.6. The Balaban J connectivity index is 1.45. The number of thioether (sulfide) groups is 1. The van der Waals surface area contributed by atoms with E-state index >= 15 is 0 Å². The summed E-state index contributed by atoms with van der Waals surface area (Å²) < 4.78 is 7.83. The summed E-state index contributed by atoms with van der Waals surface area (Å²) in [6.07, 6.45) is 2.55. The number of carbonyl (C=O) groups is 2. The van der Waals surface area contributed by atoms with E-state index < -0.39 is 6.04 Å². The molecule has 178 valence electrons. The lowest BCUT2D eigenvalue weighted by molar-refractivity contribution is -0.125. The number of rotatable bonds is 10. The van der Waals surface area contributed by atoms with Gasteiger partial charge < -0.3 is 10.1 Å². The van der Waals surface area contributed by atoms with Crippen LogP contribution in [-0.2, 0) is 27.3 Å². The highest BCUT2D eigenvalue weighted by Crippen LogP contribution is 2.27. The molecule has 1 amide bonds. The average molecular weight is 499 g/mol. The van der Waals surface area contributed by atoms with Crippen molar-refractivity contribution in [3.8, 4) is 11.4 Å². The molecule has 0 bridgehead atoms. The van der Waals surface area contributed by atoms with E-state index in [0.717, 1.165) is 30.6 Å². The number of hydrogen-bond acceptors (Lipinski definition) is 6. The first kappa shape index (κ1) is 24.4. The van der Waals surface area contributed by atoms with Gasteiger partial charge in [0.25, 0.3) is 0 Å². The van der Waals surface area contributed by atoms with Crippen LogP contribution in [0.4, 0.5) is 0 Å². The number of hydrogen-bond donors (Lipinski definition) is 1. The molecule has 2 heterocycles. The van der Waals surface area contributed by atoms with Gasteiger partial charge in [-0.2, -0.15) is 0 Å². The van der Waals surface area contributed by atoms with Crippen molar-refractivity contribution in [1.82, 2.24) is 20.1 Å². The van der Waals surface area contributed by atoms with E-state index in [0.29, 0.717) is 29.0 Å². The van der Waals surface area contributed by atoms with E-state index in [-0.39, 0.29) is 23.5 Å². The Hall–Kier alpha value is -2.68. The number of ketones is 1. The van der Waals surface area contributed by atoms with E-state index in [9.17, 15) is 9.59 Å². The quantitative estimate of drug-likeness (QED) is 0.422. The first-order valence-electron chi connectivity index (χ1n) is 11.3. The number of carbonyl (C=O) groups excluding carboxylic acids is 2. The van der Waals surface area contributed by atoms with Crippen LogP contribution < -0.4 is 5.32 Å². The zero-order valence-electron chi connectivity index (χ0n) is 18.9. The van der Waals surface area contributed by atoms with Crippen molar-refractivity contribution in [3.63, 3.8) is 0 Å². The molecule has 0 unspecified atom stereocenters. The summed E-state index contributed by atoms with van der Waals surface area (Å²) in [5, 5.41) is 12.9. The maximum atomic E-state index is 12.7. The molecule has 0 aliphatic carbocycles. The fourth-order valence-corrected chi connectivity index (χ4v) is 4.76. The van der Waals surface area contributed by atoms with Gasteiger partial charge in [-0.1, -0.05) is 53.7 Å². The van der Waals surface area contributed by atoms with Crippen LogP contribution in [0.5, 0.6) is 0 Å². The predicted molar refractivity (Wildman–Crippen MR) is 133 cm³/mol. The smallest absolute Gasteiger partial charge is 0.231 e. The zero-order valence-corrected chi connectivity index (χ0v) is 20.5. The van der Waals surface area contributed by atoms with E-state index in [2.05, 4.69) is 15.5 Å². The van der Waals surface area contributed by atoms with Crippen molar-refractivity contribution in [1.29, 1.82) is 0 Å². The van der Waals surface area contributed by atoms with E-state index in [1.807, 2.05) is 59.2 Å². The van der Waals surface area contributed by atoms with Gasteiger partial charge in [-0.3, -0.25) is 14.2 Å². The minimum Gasteiger partial charge on any atom is -0.376 e. The lowest BCUT2D eigenvalue weighted by atomic mass is 10.0. The normalized spacial score (nSPS) is 16.4. The molecule has 2 aromatic carbocycles. The molecule has 4 rings (SSSR count). The lowest BCUT2D eigenvalue weighted by Gasteiger charge is -2.17. The van der Waals surface area contributed by atoms with Gasteiger partial charge in [0.1, 0.15) is 0 Å². The maximum absolute atomic E-state index is 12.7. The molecule has 1 saturated heterocycles. The van der Waals surface area contributed by atoms with Gasteiger partial charge in [0.15, 0.2) is 16.8 Å². The second-order valence-corrected chi connectivity index (χ2v) is 9.65. The van der Waals surface area contributed by atoms with E-state index in [4.69, 9.17) is 16.3 Å². The Morgan fingerprint density at radius 2 is 1.94 bits per heavy atom. The molecular formula is C25H27ClN4O3S. The number of aromatic nitrogens is 3. The van der Waals surface area contributed by atoms with Crippen molar-refractivity contribution in [2.75, 3.05) is 12.4 Å². The number of nitrogens with one attached hydrogen (secondary N) is 1. The topological polar surface area (TPSA) is 86.1 Å². The van der Waals surface area contributed by atoms with Crippen LogP contribution in [-0.4, -0.2) is 51.0 Å². The number of nitrogens with zero attached hydrogens (tertiary/aromatic N) is 3. The Kier molecular flexibility index (Phi) is 8.37. The molecule has 1 aromatic heterocycles. The van der Waals surface area contributed by atoms with Gasteiger partial charge in [0, 0.05) is 17.2 Å². The molecule has 0 radical (unpaired) electrons. The van der Waals surface area contributed by atoms with Crippen LogP contribution in [0.25, 0.3) is 11.4 Å². The highest BCUT2D eigenvalue weighted by molar-refractivity contribution is 7.99. The van der Waals surface area contributed by atoms with Gasteiger partial charge in [-0.05, 0) is 56.0 Å². The van der Waals surface area contributed by atoms with Crippen LogP contribution in [0.1, 0.15) is 25.3 Å². The number of benzene rings is 2. The molecule has 0 saturated carbocycles. The Morgan fingerprint density at radius 3 is 2.62 bits per heavy atom. The molecule has 1 aliphatic rings. The van der Waals surface area contributed by atoms with Crippen molar-refractivity contribution in [2.24, 2.45) is 0 Å². The summed E-state index contributed by atoms with van der Waals surface area (Å²) in [6, 6.07) is 16.5. The minimum absolute atomic E-state index is 0.0752. The molecule has 7 nitrogen and oxygen atoms in total. The SMILES string of the molecule is CC(=O)[C@H](Cc1ccccc1)NC(=O)CSc1nnc(-c2ccc(Cl)cc2)n1C[C@@H]1CCCO1. The molecule has 0 spiro atoms. The summed E-state index contributed by atoms with van der Waals surface area (Å²) >= 11 is 7.35. The number of amides is 1. The highest BCUT2D eigenvalue weighted by atomic mass is 35.5. The standard InChI is InChI=1S/C25H27ClN4O3S/c1-17(31)22(14-18-6-3-2-4-7-18)27-23(32)16-34-25-29-28-24(19-9-11-20(26)12-10-19)30(25)15-21-8-5-13-33-21/h2-4,6-7,9-12,21-22H,5,8,13-16H2,1H3,(H,27,32)/t21-,22-/m0/s1. The largest absolute Gasteiger partial charge is 0.376 e. The third kappa shape index (κ3) is 6.46. The number of Topliss-reactive ketones (excluding diaryl/α,β-unsaturated/α-hetero) is 1. The molecule has 34 heavy (non-hydrogen) atoms. The lowest BCUT2D eigenvalue weighted by Crippen LogP contribution is -2.42. The van der Waals surface area contributed by atoms with E-state index in [1.165, 1.54) is 18.7 Å². The first-order chi connectivity index (χ1) is 16.5. The van der Waals surface area contributed by atoms with Crippen molar-refractivity contribution < 1.29 is 14.3 Å². The molecular weight excluding hydrogens is 472 g/mol. The van der Waals surface area contributed by atoms with Gasteiger partial charge in [-0.25, -0.2) is 0 Å². The van der Waals surface area contributed by atoms with Gasteiger partial charge >= 0.3 is 0 Å².